The number of aromatic nitrogens is 2. The van der Waals surface area contributed by atoms with Crippen LogP contribution in [0.25, 0.3) is 0 Å². The van der Waals surface area contributed by atoms with Gasteiger partial charge in [0.1, 0.15) is 18.5 Å². The van der Waals surface area contributed by atoms with Crippen molar-refractivity contribution in [1.82, 2.24) is 14.9 Å². The van der Waals surface area contributed by atoms with Gasteiger partial charge in [-0.25, -0.2) is 4.98 Å². The number of anilines is 2. The fourth-order valence-corrected chi connectivity index (χ4v) is 3.39. The summed E-state index contributed by atoms with van der Waals surface area (Å²) in [4.78, 5) is 13.2. The van der Waals surface area contributed by atoms with Crippen molar-refractivity contribution in [2.45, 2.75) is 20.0 Å². The highest BCUT2D eigenvalue weighted by Crippen LogP contribution is 2.34. The molecule has 26 heavy (non-hydrogen) atoms. The number of piperazine rings is 1. The van der Waals surface area contributed by atoms with Crippen LogP contribution >= 0.6 is 0 Å². The second-order valence-corrected chi connectivity index (χ2v) is 7.00. The van der Waals surface area contributed by atoms with Crippen molar-refractivity contribution in [3.8, 4) is 11.5 Å². The molecule has 1 aromatic carbocycles. The van der Waals surface area contributed by atoms with Gasteiger partial charge in [0.25, 0.3) is 0 Å². The van der Waals surface area contributed by atoms with E-state index in [1.54, 1.807) is 12.3 Å². The van der Waals surface area contributed by atoms with Gasteiger partial charge in [-0.1, -0.05) is 0 Å². The molecule has 1 fully saturated rings. The molecular weight excluding hydrogens is 330 g/mol. The molecule has 7 nitrogen and oxygen atoms in total. The van der Waals surface area contributed by atoms with Crippen LogP contribution in [0.3, 0.4) is 0 Å². The molecule has 0 aliphatic carbocycles. The highest BCUT2D eigenvalue weighted by atomic mass is 16.6. The van der Waals surface area contributed by atoms with Crippen molar-refractivity contribution < 1.29 is 9.47 Å². The minimum absolute atomic E-state index is 0.0553. The smallest absolute Gasteiger partial charge is 0.227 e. The van der Waals surface area contributed by atoms with E-state index in [0.717, 1.165) is 44.2 Å². The van der Waals surface area contributed by atoms with Crippen LogP contribution in [0.2, 0.25) is 0 Å². The zero-order chi connectivity index (χ0) is 18.1. The Labute approximate surface area is 153 Å². The van der Waals surface area contributed by atoms with Gasteiger partial charge >= 0.3 is 0 Å². The summed E-state index contributed by atoms with van der Waals surface area (Å²) in [6.45, 7) is 9.29. The Morgan fingerprint density at radius 3 is 2.58 bits per heavy atom. The first kappa shape index (κ1) is 16.9. The number of ether oxygens (including phenoxy) is 2. The Kier molecular flexibility index (Phi) is 4.55. The van der Waals surface area contributed by atoms with Crippen LogP contribution in [-0.4, -0.2) is 60.3 Å². The topological polar surface area (TPSA) is 76.7 Å². The average molecular weight is 355 g/mol. The first-order valence-electron chi connectivity index (χ1n) is 9.05. The third-order valence-electron chi connectivity index (χ3n) is 5.06. The first-order chi connectivity index (χ1) is 12.6. The Balaban J connectivity index is 1.33. The molecule has 1 unspecified atom stereocenters. The van der Waals surface area contributed by atoms with Crippen molar-refractivity contribution >= 4 is 11.8 Å². The maximum absolute atomic E-state index is 6.18. The molecule has 0 radical (unpaired) electrons. The number of hydrogen-bond acceptors (Lipinski definition) is 7. The van der Waals surface area contributed by atoms with E-state index in [1.165, 1.54) is 11.1 Å². The van der Waals surface area contributed by atoms with E-state index >= 15 is 0 Å². The zero-order valence-corrected chi connectivity index (χ0v) is 15.3. The Hall–Kier alpha value is -2.54. The predicted octanol–water partition coefficient (Wildman–Crippen LogP) is 1.64. The third kappa shape index (κ3) is 3.53. The highest BCUT2D eigenvalue weighted by Gasteiger charge is 2.26. The standard InChI is InChI=1S/C19H25N5O2/c1-13-9-16-17(10-14(13)2)26-15(12-25-16)11-23-5-7-24(8-6-23)19-21-4-3-18(20)22-19/h3-4,9-10,15H,5-8,11-12H2,1-2H3,(H2,20,21,22). The Morgan fingerprint density at radius 2 is 1.85 bits per heavy atom. The summed E-state index contributed by atoms with van der Waals surface area (Å²) in [7, 11) is 0. The van der Waals surface area contributed by atoms with Gasteiger partial charge in [-0.05, 0) is 43.2 Å². The molecule has 0 amide bonds. The van der Waals surface area contributed by atoms with E-state index in [-0.39, 0.29) is 6.10 Å². The molecule has 0 bridgehead atoms. The van der Waals surface area contributed by atoms with Crippen LogP contribution in [-0.2, 0) is 0 Å². The molecule has 7 heteroatoms. The molecule has 2 N–H and O–H groups in total. The first-order valence-corrected chi connectivity index (χ1v) is 9.05. The Morgan fingerprint density at radius 1 is 1.12 bits per heavy atom. The number of rotatable bonds is 3. The highest BCUT2D eigenvalue weighted by molar-refractivity contribution is 5.47. The minimum Gasteiger partial charge on any atom is -0.486 e. The lowest BCUT2D eigenvalue weighted by molar-refractivity contribution is 0.0569. The fourth-order valence-electron chi connectivity index (χ4n) is 3.39. The van der Waals surface area contributed by atoms with Crippen LogP contribution in [0.4, 0.5) is 11.8 Å². The van der Waals surface area contributed by atoms with Crippen LogP contribution in [0.15, 0.2) is 24.4 Å². The van der Waals surface area contributed by atoms with Gasteiger partial charge in [0, 0.05) is 38.9 Å². The van der Waals surface area contributed by atoms with Gasteiger partial charge in [-0.15, -0.1) is 0 Å². The molecule has 3 heterocycles. The lowest BCUT2D eigenvalue weighted by Gasteiger charge is -2.37. The summed E-state index contributed by atoms with van der Waals surface area (Å²) in [6.07, 6.45) is 1.76. The largest absolute Gasteiger partial charge is 0.486 e. The van der Waals surface area contributed by atoms with E-state index in [1.807, 2.05) is 0 Å². The minimum atomic E-state index is 0.0553. The van der Waals surface area contributed by atoms with Gasteiger partial charge in [0.2, 0.25) is 5.95 Å². The van der Waals surface area contributed by atoms with E-state index in [2.05, 4.69) is 45.7 Å². The third-order valence-corrected chi connectivity index (χ3v) is 5.06. The quantitative estimate of drug-likeness (QED) is 0.897. The van der Waals surface area contributed by atoms with Gasteiger partial charge in [0.05, 0.1) is 0 Å². The summed E-state index contributed by atoms with van der Waals surface area (Å²) in [5, 5.41) is 0. The number of nitrogen functional groups attached to an aromatic ring is 1. The molecule has 1 atom stereocenters. The molecule has 2 aliphatic heterocycles. The number of nitrogens with zero attached hydrogens (tertiary/aromatic N) is 4. The van der Waals surface area contributed by atoms with Crippen molar-refractivity contribution in [2.24, 2.45) is 0 Å². The summed E-state index contributed by atoms with van der Waals surface area (Å²) in [5.41, 5.74) is 8.21. The molecular formula is C19H25N5O2. The molecule has 0 spiro atoms. The number of aryl methyl sites for hydroxylation is 2. The fraction of sp³-hybridized carbons (Fsp3) is 0.474. The molecule has 0 saturated carbocycles. The van der Waals surface area contributed by atoms with Crippen molar-refractivity contribution in [1.29, 1.82) is 0 Å². The Bertz CT molecular complexity index is 789. The van der Waals surface area contributed by atoms with E-state index in [9.17, 15) is 0 Å². The molecule has 1 aromatic heterocycles. The maximum Gasteiger partial charge on any atom is 0.227 e. The molecule has 138 valence electrons. The van der Waals surface area contributed by atoms with E-state index in [4.69, 9.17) is 15.2 Å². The van der Waals surface area contributed by atoms with Crippen LogP contribution in [0, 0.1) is 13.8 Å². The number of hydrogen-bond donors (Lipinski definition) is 1. The van der Waals surface area contributed by atoms with Crippen molar-refractivity contribution in [3.63, 3.8) is 0 Å². The summed E-state index contributed by atoms with van der Waals surface area (Å²) >= 11 is 0. The zero-order valence-electron chi connectivity index (χ0n) is 15.3. The van der Waals surface area contributed by atoms with E-state index in [0.29, 0.717) is 18.4 Å². The molecule has 2 aliphatic rings. The summed E-state index contributed by atoms with van der Waals surface area (Å²) < 4.78 is 12.1. The predicted molar refractivity (Wildman–Crippen MR) is 101 cm³/mol. The lowest BCUT2D eigenvalue weighted by Crippen LogP contribution is -2.51. The monoisotopic (exact) mass is 355 g/mol. The number of fused-ring (bicyclic) bond motifs is 1. The molecule has 4 rings (SSSR count). The summed E-state index contributed by atoms with van der Waals surface area (Å²) in [5.74, 6) is 2.93. The van der Waals surface area contributed by atoms with Crippen molar-refractivity contribution in [2.75, 3.05) is 50.0 Å². The average Bonchev–Trinajstić information content (AvgIpc) is 2.64. The number of nitrogens with two attached hydrogens (primary N) is 1. The second-order valence-electron chi connectivity index (χ2n) is 7.00. The summed E-state index contributed by atoms with van der Waals surface area (Å²) in [6, 6.07) is 5.85. The van der Waals surface area contributed by atoms with Crippen LogP contribution < -0.4 is 20.1 Å². The van der Waals surface area contributed by atoms with Gasteiger partial charge in [-0.2, -0.15) is 4.98 Å². The molecule has 1 saturated heterocycles. The van der Waals surface area contributed by atoms with Gasteiger partial charge in [0.15, 0.2) is 11.5 Å². The second kappa shape index (κ2) is 6.99. The number of benzene rings is 1. The SMILES string of the molecule is Cc1cc2c(cc1C)OC(CN1CCN(c3nccc(N)n3)CC1)CO2. The van der Waals surface area contributed by atoms with Crippen molar-refractivity contribution in [3.05, 3.63) is 35.5 Å². The lowest BCUT2D eigenvalue weighted by atomic mass is 10.1. The normalized spacial score (nSPS) is 20.2. The van der Waals surface area contributed by atoms with Crippen LogP contribution in [0.1, 0.15) is 11.1 Å². The van der Waals surface area contributed by atoms with Crippen LogP contribution in [0.5, 0.6) is 11.5 Å². The van der Waals surface area contributed by atoms with Gasteiger partial charge in [-0.3, -0.25) is 4.90 Å². The van der Waals surface area contributed by atoms with E-state index < -0.39 is 0 Å². The maximum atomic E-state index is 6.18. The molecule has 2 aromatic rings. The van der Waals surface area contributed by atoms with Gasteiger partial charge < -0.3 is 20.1 Å².